The first-order chi connectivity index (χ1) is 6.31. The standard InChI is InChI=1S/C8H13N5/c1-5-7(4-10-13-5)8(12-9)11-6-2-3-6/h4,6H,2-3,9H2,1H3,(H,10,13)(H,11,12). The molecule has 5 heteroatoms. The van der Waals surface area contributed by atoms with Gasteiger partial charge in [-0.25, -0.2) is 5.84 Å². The average molecular weight is 179 g/mol. The van der Waals surface area contributed by atoms with E-state index in [1.807, 2.05) is 6.92 Å². The molecule has 0 atom stereocenters. The zero-order valence-corrected chi connectivity index (χ0v) is 7.54. The van der Waals surface area contributed by atoms with Crippen molar-refractivity contribution in [1.82, 2.24) is 15.6 Å². The number of rotatable bonds is 2. The van der Waals surface area contributed by atoms with Crippen LogP contribution >= 0.6 is 0 Å². The summed E-state index contributed by atoms with van der Waals surface area (Å²) in [4.78, 5) is 4.43. The van der Waals surface area contributed by atoms with Crippen molar-refractivity contribution >= 4 is 5.84 Å². The van der Waals surface area contributed by atoms with Gasteiger partial charge in [-0.3, -0.25) is 10.1 Å². The third-order valence-corrected chi connectivity index (χ3v) is 2.08. The van der Waals surface area contributed by atoms with Gasteiger partial charge in [0.15, 0.2) is 0 Å². The summed E-state index contributed by atoms with van der Waals surface area (Å²) in [7, 11) is 0. The Morgan fingerprint density at radius 1 is 1.77 bits per heavy atom. The molecule has 1 aromatic rings. The van der Waals surface area contributed by atoms with Crippen LogP contribution in [-0.4, -0.2) is 22.1 Å². The van der Waals surface area contributed by atoms with E-state index in [4.69, 9.17) is 5.84 Å². The molecular formula is C8H13N5. The molecule has 70 valence electrons. The summed E-state index contributed by atoms with van der Waals surface area (Å²) in [6, 6.07) is 0.459. The monoisotopic (exact) mass is 179 g/mol. The van der Waals surface area contributed by atoms with Crippen LogP contribution in [0.3, 0.4) is 0 Å². The highest BCUT2D eigenvalue weighted by Crippen LogP contribution is 2.24. The molecule has 0 saturated heterocycles. The van der Waals surface area contributed by atoms with E-state index in [1.54, 1.807) is 6.20 Å². The van der Waals surface area contributed by atoms with Gasteiger partial charge in [-0.15, -0.1) is 0 Å². The van der Waals surface area contributed by atoms with Crippen molar-refractivity contribution in [2.24, 2.45) is 10.8 Å². The Hall–Kier alpha value is -1.36. The lowest BCUT2D eigenvalue weighted by molar-refractivity contribution is 0.969. The number of hydrogen-bond acceptors (Lipinski definition) is 3. The number of aromatic amines is 1. The van der Waals surface area contributed by atoms with Crippen LogP contribution < -0.4 is 11.3 Å². The quantitative estimate of drug-likeness (QED) is 0.260. The highest BCUT2D eigenvalue weighted by Gasteiger charge is 2.21. The summed E-state index contributed by atoms with van der Waals surface area (Å²) < 4.78 is 0. The Kier molecular flexibility index (Phi) is 2.02. The van der Waals surface area contributed by atoms with E-state index in [0.29, 0.717) is 6.04 Å². The van der Waals surface area contributed by atoms with Crippen LogP contribution in [0.5, 0.6) is 0 Å². The van der Waals surface area contributed by atoms with Gasteiger partial charge in [0.25, 0.3) is 0 Å². The first-order valence-electron chi connectivity index (χ1n) is 4.36. The molecule has 0 radical (unpaired) electrons. The van der Waals surface area contributed by atoms with Gasteiger partial charge < -0.3 is 5.43 Å². The molecule has 0 aliphatic heterocycles. The van der Waals surface area contributed by atoms with Gasteiger partial charge in [-0.1, -0.05) is 0 Å². The number of aromatic nitrogens is 2. The zero-order chi connectivity index (χ0) is 9.26. The molecule has 13 heavy (non-hydrogen) atoms. The van der Waals surface area contributed by atoms with Crippen molar-refractivity contribution in [3.05, 3.63) is 17.5 Å². The number of H-pyrrole nitrogens is 1. The van der Waals surface area contributed by atoms with Gasteiger partial charge >= 0.3 is 0 Å². The number of nitrogens with two attached hydrogens (primary N) is 1. The van der Waals surface area contributed by atoms with Crippen LogP contribution in [-0.2, 0) is 0 Å². The Morgan fingerprint density at radius 3 is 3.00 bits per heavy atom. The number of hydrazine groups is 1. The minimum Gasteiger partial charge on any atom is -0.308 e. The van der Waals surface area contributed by atoms with Crippen LogP contribution in [0, 0.1) is 6.92 Å². The molecule has 2 rings (SSSR count). The zero-order valence-electron chi connectivity index (χ0n) is 7.54. The smallest absolute Gasteiger partial charge is 0.146 e. The molecule has 1 aromatic heterocycles. The molecule has 1 fully saturated rings. The summed E-state index contributed by atoms with van der Waals surface area (Å²) in [5.74, 6) is 6.12. The second-order valence-electron chi connectivity index (χ2n) is 3.26. The van der Waals surface area contributed by atoms with Crippen LogP contribution in [0.15, 0.2) is 11.2 Å². The lowest BCUT2D eigenvalue weighted by Crippen LogP contribution is -2.31. The van der Waals surface area contributed by atoms with E-state index in [-0.39, 0.29) is 0 Å². The van der Waals surface area contributed by atoms with Gasteiger partial charge in [0.05, 0.1) is 17.8 Å². The first-order valence-corrected chi connectivity index (χ1v) is 4.36. The predicted molar refractivity (Wildman–Crippen MR) is 50.2 cm³/mol. The second kappa shape index (κ2) is 3.18. The first kappa shape index (κ1) is 8.25. The maximum Gasteiger partial charge on any atom is 0.146 e. The number of nitrogens with zero attached hydrogens (tertiary/aromatic N) is 2. The maximum absolute atomic E-state index is 5.39. The summed E-state index contributed by atoms with van der Waals surface area (Å²) in [5, 5.41) is 6.77. The molecule has 5 nitrogen and oxygen atoms in total. The topological polar surface area (TPSA) is 79.1 Å². The highest BCUT2D eigenvalue weighted by atomic mass is 15.3. The lowest BCUT2D eigenvalue weighted by atomic mass is 10.2. The van der Waals surface area contributed by atoms with E-state index in [0.717, 1.165) is 17.1 Å². The summed E-state index contributed by atoms with van der Waals surface area (Å²) in [5.41, 5.74) is 4.54. The van der Waals surface area contributed by atoms with Crippen molar-refractivity contribution < 1.29 is 0 Å². The van der Waals surface area contributed by atoms with Crippen LogP contribution in [0.2, 0.25) is 0 Å². The van der Waals surface area contributed by atoms with E-state index >= 15 is 0 Å². The minimum absolute atomic E-state index is 0.459. The Balaban J connectivity index is 2.25. The van der Waals surface area contributed by atoms with Gasteiger partial charge in [-0.2, -0.15) is 5.10 Å². The highest BCUT2D eigenvalue weighted by molar-refractivity contribution is 5.99. The van der Waals surface area contributed by atoms with Gasteiger partial charge in [0.2, 0.25) is 0 Å². The molecule has 0 spiro atoms. The minimum atomic E-state index is 0.459. The number of aryl methyl sites for hydroxylation is 1. The third kappa shape index (κ3) is 1.70. The Morgan fingerprint density at radius 2 is 2.54 bits per heavy atom. The number of amidine groups is 1. The van der Waals surface area contributed by atoms with Crippen molar-refractivity contribution in [3.63, 3.8) is 0 Å². The van der Waals surface area contributed by atoms with Gasteiger partial charge in [0, 0.05) is 5.69 Å². The molecule has 0 bridgehead atoms. The summed E-state index contributed by atoms with van der Waals surface area (Å²) in [6.07, 6.45) is 4.07. The predicted octanol–water partition coefficient (Wildman–Crippen LogP) is 0.0904. The fourth-order valence-electron chi connectivity index (χ4n) is 1.16. The van der Waals surface area contributed by atoms with Crippen LogP contribution in [0.1, 0.15) is 24.1 Å². The molecule has 1 heterocycles. The normalized spacial score (nSPS) is 17.5. The lowest BCUT2D eigenvalue weighted by Gasteiger charge is -2.03. The van der Waals surface area contributed by atoms with Crippen LogP contribution in [0.25, 0.3) is 0 Å². The number of aliphatic imine (C=N–C) groups is 1. The fraction of sp³-hybridized carbons (Fsp3) is 0.500. The Labute approximate surface area is 76.4 Å². The van der Waals surface area contributed by atoms with Crippen LogP contribution in [0.4, 0.5) is 0 Å². The third-order valence-electron chi connectivity index (χ3n) is 2.08. The molecule has 4 N–H and O–H groups in total. The number of nitrogens with one attached hydrogen (secondary N) is 2. The molecule has 1 aliphatic carbocycles. The average Bonchev–Trinajstić information content (AvgIpc) is 2.85. The fourth-order valence-corrected chi connectivity index (χ4v) is 1.16. The Bertz CT molecular complexity index is 323. The van der Waals surface area contributed by atoms with E-state index < -0.39 is 0 Å². The van der Waals surface area contributed by atoms with E-state index in [1.165, 1.54) is 12.8 Å². The SMILES string of the molecule is Cc1[nH]ncc1C(=NC1CC1)NN. The number of hydrogen-bond donors (Lipinski definition) is 3. The summed E-state index contributed by atoms with van der Waals surface area (Å²) >= 11 is 0. The van der Waals surface area contributed by atoms with Gasteiger partial charge in [-0.05, 0) is 19.8 Å². The molecule has 0 unspecified atom stereocenters. The van der Waals surface area contributed by atoms with Gasteiger partial charge in [0.1, 0.15) is 5.84 Å². The molecule has 0 amide bonds. The molecule has 1 aliphatic rings. The largest absolute Gasteiger partial charge is 0.308 e. The maximum atomic E-state index is 5.39. The van der Waals surface area contributed by atoms with Crippen molar-refractivity contribution in [3.8, 4) is 0 Å². The molecular weight excluding hydrogens is 166 g/mol. The molecule has 1 saturated carbocycles. The van der Waals surface area contributed by atoms with Crippen molar-refractivity contribution in [1.29, 1.82) is 0 Å². The summed E-state index contributed by atoms with van der Waals surface area (Å²) in [6.45, 7) is 1.95. The van der Waals surface area contributed by atoms with E-state index in [9.17, 15) is 0 Å². The second-order valence-corrected chi connectivity index (χ2v) is 3.26. The van der Waals surface area contributed by atoms with Crippen molar-refractivity contribution in [2.45, 2.75) is 25.8 Å². The molecule has 0 aromatic carbocycles. The van der Waals surface area contributed by atoms with E-state index in [2.05, 4.69) is 20.6 Å². The van der Waals surface area contributed by atoms with Crippen molar-refractivity contribution in [2.75, 3.05) is 0 Å².